The van der Waals surface area contributed by atoms with Crippen molar-refractivity contribution in [3.63, 3.8) is 0 Å². The zero-order valence-electron chi connectivity index (χ0n) is 13.9. The van der Waals surface area contributed by atoms with Gasteiger partial charge in [0, 0.05) is 25.7 Å². The molecule has 0 aliphatic rings. The average Bonchev–Trinajstić information content (AvgIpc) is 2.63. The Morgan fingerprint density at radius 3 is 2.29 bits per heavy atom. The maximum absolute atomic E-state index is 12.5. The number of aryl methyl sites for hydroxylation is 2. The molecule has 1 amide bonds. The van der Waals surface area contributed by atoms with E-state index < -0.39 is 11.5 Å². The molecule has 1 atom stereocenters. The van der Waals surface area contributed by atoms with Crippen molar-refractivity contribution in [2.75, 3.05) is 7.05 Å². The molecule has 0 bridgehead atoms. The minimum absolute atomic E-state index is 0.176. The van der Waals surface area contributed by atoms with Crippen LogP contribution in [0, 0.1) is 19.8 Å². The SMILES string of the molecule is Cc1nn(C)c(C)c1CC(C)C(=O)N(C)C(C)(C)C(=O)O. The summed E-state index contributed by atoms with van der Waals surface area (Å²) >= 11 is 0. The topological polar surface area (TPSA) is 75.4 Å². The fraction of sp³-hybridized carbons (Fsp3) is 0.667. The van der Waals surface area contributed by atoms with Crippen LogP contribution in [0.2, 0.25) is 0 Å². The highest BCUT2D eigenvalue weighted by Gasteiger charge is 2.37. The van der Waals surface area contributed by atoms with Gasteiger partial charge in [-0.05, 0) is 39.7 Å². The molecule has 0 aliphatic heterocycles. The molecule has 1 heterocycles. The van der Waals surface area contributed by atoms with Crippen molar-refractivity contribution in [3.8, 4) is 0 Å². The molecule has 6 heteroatoms. The van der Waals surface area contributed by atoms with Crippen LogP contribution in [0.5, 0.6) is 0 Å². The van der Waals surface area contributed by atoms with E-state index in [9.17, 15) is 14.7 Å². The molecule has 0 aromatic carbocycles. The van der Waals surface area contributed by atoms with E-state index in [1.807, 2.05) is 27.8 Å². The summed E-state index contributed by atoms with van der Waals surface area (Å²) in [4.78, 5) is 25.0. The van der Waals surface area contributed by atoms with Gasteiger partial charge in [0.2, 0.25) is 5.91 Å². The number of carboxylic acid groups (broad SMARTS) is 1. The molecule has 0 radical (unpaired) electrons. The molecule has 1 N–H and O–H groups in total. The summed E-state index contributed by atoms with van der Waals surface area (Å²) in [6, 6.07) is 0. The van der Waals surface area contributed by atoms with Crippen molar-refractivity contribution in [1.82, 2.24) is 14.7 Å². The smallest absolute Gasteiger partial charge is 0.329 e. The Labute approximate surface area is 125 Å². The van der Waals surface area contributed by atoms with E-state index >= 15 is 0 Å². The highest BCUT2D eigenvalue weighted by atomic mass is 16.4. The molecule has 0 spiro atoms. The first-order valence-electron chi connectivity index (χ1n) is 7.00. The second kappa shape index (κ2) is 5.87. The van der Waals surface area contributed by atoms with Crippen molar-refractivity contribution in [2.24, 2.45) is 13.0 Å². The van der Waals surface area contributed by atoms with Gasteiger partial charge in [-0.1, -0.05) is 6.92 Å². The van der Waals surface area contributed by atoms with Crippen LogP contribution in [0.3, 0.4) is 0 Å². The van der Waals surface area contributed by atoms with Crippen LogP contribution in [-0.2, 0) is 23.1 Å². The van der Waals surface area contributed by atoms with Crippen molar-refractivity contribution in [3.05, 3.63) is 17.0 Å². The predicted octanol–water partition coefficient (Wildman–Crippen LogP) is 1.54. The highest BCUT2D eigenvalue weighted by molar-refractivity contribution is 5.87. The maximum Gasteiger partial charge on any atom is 0.329 e. The molecule has 1 aromatic heterocycles. The van der Waals surface area contributed by atoms with E-state index in [1.54, 1.807) is 4.68 Å². The fourth-order valence-electron chi connectivity index (χ4n) is 2.26. The zero-order valence-corrected chi connectivity index (χ0v) is 13.9. The molecule has 118 valence electrons. The number of rotatable bonds is 5. The molecule has 0 aliphatic carbocycles. The standard InChI is InChI=1S/C15H25N3O3/c1-9(8-12-10(2)16-18(7)11(12)3)13(19)17(6)15(4,5)14(20)21/h9H,8H2,1-7H3,(H,20,21). The van der Waals surface area contributed by atoms with Gasteiger partial charge in [-0.25, -0.2) is 4.79 Å². The number of likely N-dealkylation sites (N-methyl/N-ethyl adjacent to an activating group) is 1. The van der Waals surface area contributed by atoms with Crippen molar-refractivity contribution >= 4 is 11.9 Å². The van der Waals surface area contributed by atoms with E-state index in [1.165, 1.54) is 25.8 Å². The molecule has 0 fully saturated rings. The van der Waals surface area contributed by atoms with Gasteiger partial charge in [-0.15, -0.1) is 0 Å². The first-order valence-corrected chi connectivity index (χ1v) is 7.00. The molecular formula is C15H25N3O3. The number of carbonyl (C=O) groups is 2. The summed E-state index contributed by atoms with van der Waals surface area (Å²) in [5, 5.41) is 13.6. The molecule has 21 heavy (non-hydrogen) atoms. The van der Waals surface area contributed by atoms with Gasteiger partial charge in [0.15, 0.2) is 0 Å². The van der Waals surface area contributed by atoms with E-state index in [0.717, 1.165) is 17.0 Å². The molecule has 0 saturated carbocycles. The third-order valence-corrected chi connectivity index (χ3v) is 4.28. The first-order chi connectivity index (χ1) is 9.50. The maximum atomic E-state index is 12.5. The second-order valence-electron chi connectivity index (χ2n) is 6.14. The Morgan fingerprint density at radius 2 is 1.90 bits per heavy atom. The van der Waals surface area contributed by atoms with Crippen LogP contribution in [0.25, 0.3) is 0 Å². The lowest BCUT2D eigenvalue weighted by atomic mass is 9.95. The van der Waals surface area contributed by atoms with Gasteiger partial charge < -0.3 is 10.0 Å². The van der Waals surface area contributed by atoms with Gasteiger partial charge >= 0.3 is 5.97 Å². The Bertz CT molecular complexity index is 561. The third-order valence-electron chi connectivity index (χ3n) is 4.28. The largest absolute Gasteiger partial charge is 0.480 e. The predicted molar refractivity (Wildman–Crippen MR) is 80.0 cm³/mol. The Kier molecular flexibility index (Phi) is 4.81. The lowest BCUT2D eigenvalue weighted by Crippen LogP contribution is -2.52. The third kappa shape index (κ3) is 3.25. The lowest BCUT2D eigenvalue weighted by molar-refractivity contribution is -0.156. The summed E-state index contributed by atoms with van der Waals surface area (Å²) in [7, 11) is 3.41. The zero-order chi connectivity index (χ0) is 16.5. The Morgan fingerprint density at radius 1 is 1.38 bits per heavy atom. The van der Waals surface area contributed by atoms with Crippen LogP contribution in [0.4, 0.5) is 0 Å². The minimum Gasteiger partial charge on any atom is -0.480 e. The first kappa shape index (κ1) is 17.2. The number of nitrogens with zero attached hydrogens (tertiary/aromatic N) is 3. The summed E-state index contributed by atoms with van der Waals surface area (Å²) in [6.07, 6.45) is 0.560. The van der Waals surface area contributed by atoms with Crippen LogP contribution >= 0.6 is 0 Å². The highest BCUT2D eigenvalue weighted by Crippen LogP contribution is 2.21. The number of hydrogen-bond donors (Lipinski definition) is 1. The number of amides is 1. The van der Waals surface area contributed by atoms with Gasteiger partial charge in [0.05, 0.1) is 5.69 Å². The molecule has 1 rings (SSSR count). The molecule has 6 nitrogen and oxygen atoms in total. The van der Waals surface area contributed by atoms with E-state index in [4.69, 9.17) is 0 Å². The number of carbonyl (C=O) groups excluding carboxylic acids is 1. The summed E-state index contributed by atoms with van der Waals surface area (Å²) in [6.45, 7) is 8.77. The van der Waals surface area contributed by atoms with Crippen molar-refractivity contribution in [2.45, 2.75) is 46.6 Å². The summed E-state index contributed by atoms with van der Waals surface area (Å²) in [5.41, 5.74) is 1.78. The van der Waals surface area contributed by atoms with E-state index in [2.05, 4.69) is 5.10 Å². The average molecular weight is 295 g/mol. The molecule has 0 saturated heterocycles. The number of carboxylic acids is 1. The Balaban J connectivity index is 2.91. The normalized spacial score (nSPS) is 13.1. The van der Waals surface area contributed by atoms with E-state index in [-0.39, 0.29) is 11.8 Å². The molecule has 1 unspecified atom stereocenters. The summed E-state index contributed by atoms with van der Waals surface area (Å²) < 4.78 is 1.80. The van der Waals surface area contributed by atoms with E-state index in [0.29, 0.717) is 6.42 Å². The monoisotopic (exact) mass is 295 g/mol. The quantitative estimate of drug-likeness (QED) is 0.894. The van der Waals surface area contributed by atoms with Gasteiger partial charge in [0.1, 0.15) is 5.54 Å². The number of aliphatic carboxylic acids is 1. The Hall–Kier alpha value is -1.85. The number of hydrogen-bond acceptors (Lipinski definition) is 3. The van der Waals surface area contributed by atoms with Gasteiger partial charge in [-0.2, -0.15) is 5.10 Å². The second-order valence-corrected chi connectivity index (χ2v) is 6.14. The van der Waals surface area contributed by atoms with Crippen LogP contribution in [0.1, 0.15) is 37.7 Å². The molecule has 1 aromatic rings. The van der Waals surface area contributed by atoms with Gasteiger partial charge in [0.25, 0.3) is 0 Å². The van der Waals surface area contributed by atoms with Gasteiger partial charge in [-0.3, -0.25) is 9.48 Å². The fourth-order valence-corrected chi connectivity index (χ4v) is 2.26. The van der Waals surface area contributed by atoms with Crippen LogP contribution in [-0.4, -0.2) is 44.3 Å². The van der Waals surface area contributed by atoms with Crippen molar-refractivity contribution < 1.29 is 14.7 Å². The van der Waals surface area contributed by atoms with Crippen molar-refractivity contribution in [1.29, 1.82) is 0 Å². The van der Waals surface area contributed by atoms with Crippen LogP contribution in [0.15, 0.2) is 0 Å². The number of aromatic nitrogens is 2. The minimum atomic E-state index is -1.22. The van der Waals surface area contributed by atoms with Crippen LogP contribution < -0.4 is 0 Å². The molecular weight excluding hydrogens is 270 g/mol. The lowest BCUT2D eigenvalue weighted by Gasteiger charge is -2.33. The summed E-state index contributed by atoms with van der Waals surface area (Å²) in [5.74, 6) is -1.49.